The molecule has 0 bridgehead atoms. The van der Waals surface area contributed by atoms with E-state index in [1.165, 1.54) is 0 Å². The van der Waals surface area contributed by atoms with Crippen molar-refractivity contribution in [3.8, 4) is 0 Å². The number of hydrogen-bond donors (Lipinski definition) is 2. The van der Waals surface area contributed by atoms with Crippen LogP contribution >= 0.6 is 0 Å². The molecule has 1 amide bonds. The number of aromatic nitrogens is 1. The van der Waals surface area contributed by atoms with Gasteiger partial charge in [0, 0.05) is 17.8 Å². The van der Waals surface area contributed by atoms with E-state index in [2.05, 4.69) is 17.2 Å². The number of carbonyl (C=O) groups excluding carboxylic acids is 1. The van der Waals surface area contributed by atoms with Crippen LogP contribution in [-0.4, -0.2) is 16.9 Å². The van der Waals surface area contributed by atoms with Crippen LogP contribution in [-0.2, 0) is 0 Å². The summed E-state index contributed by atoms with van der Waals surface area (Å²) in [5, 5.41) is 2.98. The van der Waals surface area contributed by atoms with Crippen molar-refractivity contribution < 1.29 is 4.79 Å². The minimum Gasteiger partial charge on any atom is -0.384 e. The van der Waals surface area contributed by atoms with Crippen LogP contribution in [0.2, 0.25) is 0 Å². The summed E-state index contributed by atoms with van der Waals surface area (Å²) in [5.41, 5.74) is 6.09. The van der Waals surface area contributed by atoms with E-state index in [1.807, 2.05) is 0 Å². The minimum atomic E-state index is -0.0509. The quantitative estimate of drug-likeness (QED) is 0.778. The molecular weight excluding hydrogens is 190 g/mol. The third kappa shape index (κ3) is 2.26. The van der Waals surface area contributed by atoms with Gasteiger partial charge in [0.25, 0.3) is 5.91 Å². The lowest BCUT2D eigenvalue weighted by Crippen LogP contribution is -2.26. The first-order valence-electron chi connectivity index (χ1n) is 5.23. The van der Waals surface area contributed by atoms with Gasteiger partial charge in [-0.05, 0) is 24.5 Å². The number of pyridine rings is 1. The average molecular weight is 205 g/mol. The third-order valence-electron chi connectivity index (χ3n) is 2.81. The van der Waals surface area contributed by atoms with Gasteiger partial charge in [0.2, 0.25) is 0 Å². The smallest absolute Gasteiger partial charge is 0.251 e. The molecule has 15 heavy (non-hydrogen) atoms. The molecule has 2 unspecified atom stereocenters. The van der Waals surface area contributed by atoms with E-state index in [0.717, 1.165) is 12.8 Å². The molecule has 4 heteroatoms. The molecule has 0 spiro atoms. The highest BCUT2D eigenvalue weighted by molar-refractivity contribution is 5.95. The van der Waals surface area contributed by atoms with Gasteiger partial charge in [-0.1, -0.05) is 13.3 Å². The molecule has 0 aromatic carbocycles. The molecule has 1 aliphatic carbocycles. The molecule has 1 saturated carbocycles. The average Bonchev–Trinajstić information content (AvgIpc) is 2.96. The summed E-state index contributed by atoms with van der Waals surface area (Å²) >= 11 is 0. The first-order valence-corrected chi connectivity index (χ1v) is 5.23. The molecule has 2 rings (SSSR count). The van der Waals surface area contributed by atoms with Gasteiger partial charge in [-0.15, -0.1) is 0 Å². The van der Waals surface area contributed by atoms with Crippen molar-refractivity contribution in [1.82, 2.24) is 10.3 Å². The Balaban J connectivity index is 1.97. The molecule has 1 heterocycles. The standard InChI is InChI=1S/C11H15N3O/c1-2-7-5-9(7)14-11(15)8-3-4-13-10(12)6-8/h3-4,6-7,9H,2,5H2,1H3,(H2,12,13)(H,14,15). The maximum absolute atomic E-state index is 11.7. The first-order chi connectivity index (χ1) is 7.20. The van der Waals surface area contributed by atoms with Crippen LogP contribution in [0.5, 0.6) is 0 Å². The highest BCUT2D eigenvalue weighted by Crippen LogP contribution is 2.33. The van der Waals surface area contributed by atoms with Crippen molar-refractivity contribution in [2.45, 2.75) is 25.8 Å². The van der Waals surface area contributed by atoms with Crippen LogP contribution in [0.4, 0.5) is 5.82 Å². The lowest BCUT2D eigenvalue weighted by atomic mass is 10.2. The van der Waals surface area contributed by atoms with Gasteiger partial charge in [-0.25, -0.2) is 4.98 Å². The molecule has 0 radical (unpaired) electrons. The minimum absolute atomic E-state index is 0.0509. The van der Waals surface area contributed by atoms with Crippen LogP contribution in [0.15, 0.2) is 18.3 Å². The fraction of sp³-hybridized carbons (Fsp3) is 0.455. The Hall–Kier alpha value is -1.58. The van der Waals surface area contributed by atoms with Crippen LogP contribution in [0.1, 0.15) is 30.1 Å². The maximum atomic E-state index is 11.7. The largest absolute Gasteiger partial charge is 0.384 e. The van der Waals surface area contributed by atoms with E-state index in [4.69, 9.17) is 5.73 Å². The van der Waals surface area contributed by atoms with Gasteiger partial charge >= 0.3 is 0 Å². The second-order valence-corrected chi connectivity index (χ2v) is 3.95. The number of carbonyl (C=O) groups is 1. The van der Waals surface area contributed by atoms with Gasteiger partial charge in [0.15, 0.2) is 0 Å². The summed E-state index contributed by atoms with van der Waals surface area (Å²) < 4.78 is 0. The lowest BCUT2D eigenvalue weighted by Gasteiger charge is -2.04. The van der Waals surface area contributed by atoms with Gasteiger partial charge in [0.05, 0.1) is 0 Å². The highest BCUT2D eigenvalue weighted by atomic mass is 16.1. The molecule has 1 fully saturated rings. The van der Waals surface area contributed by atoms with E-state index in [9.17, 15) is 4.79 Å². The predicted molar refractivity (Wildman–Crippen MR) is 58.3 cm³/mol. The van der Waals surface area contributed by atoms with E-state index in [-0.39, 0.29) is 5.91 Å². The monoisotopic (exact) mass is 205 g/mol. The second-order valence-electron chi connectivity index (χ2n) is 3.95. The number of nitrogen functional groups attached to an aromatic ring is 1. The van der Waals surface area contributed by atoms with Crippen molar-refractivity contribution in [3.05, 3.63) is 23.9 Å². The van der Waals surface area contributed by atoms with Crippen molar-refractivity contribution in [2.24, 2.45) is 5.92 Å². The molecule has 80 valence electrons. The summed E-state index contributed by atoms with van der Waals surface area (Å²) in [5.74, 6) is 0.990. The van der Waals surface area contributed by atoms with Crippen molar-refractivity contribution in [1.29, 1.82) is 0 Å². The predicted octanol–water partition coefficient (Wildman–Crippen LogP) is 1.19. The van der Waals surface area contributed by atoms with Crippen LogP contribution in [0.3, 0.4) is 0 Å². The Morgan fingerprint density at radius 3 is 3.13 bits per heavy atom. The number of rotatable bonds is 3. The molecular formula is C11H15N3O. The van der Waals surface area contributed by atoms with E-state index >= 15 is 0 Å². The zero-order chi connectivity index (χ0) is 10.8. The normalized spacial score (nSPS) is 23.5. The molecule has 0 saturated heterocycles. The first kappa shape index (κ1) is 9.96. The Kier molecular flexibility index (Phi) is 2.58. The molecule has 1 aromatic rings. The fourth-order valence-corrected chi connectivity index (χ4v) is 1.72. The Labute approximate surface area is 88.9 Å². The Bertz CT molecular complexity index is 378. The summed E-state index contributed by atoms with van der Waals surface area (Å²) in [7, 11) is 0. The summed E-state index contributed by atoms with van der Waals surface area (Å²) in [4.78, 5) is 15.6. The zero-order valence-electron chi connectivity index (χ0n) is 8.73. The van der Waals surface area contributed by atoms with Gasteiger partial charge in [-0.3, -0.25) is 4.79 Å². The third-order valence-corrected chi connectivity index (χ3v) is 2.81. The lowest BCUT2D eigenvalue weighted by molar-refractivity contribution is 0.0949. The molecule has 4 nitrogen and oxygen atoms in total. The van der Waals surface area contributed by atoms with Gasteiger partial charge < -0.3 is 11.1 Å². The van der Waals surface area contributed by atoms with Crippen molar-refractivity contribution in [2.75, 3.05) is 5.73 Å². The Morgan fingerprint density at radius 1 is 1.73 bits per heavy atom. The molecule has 1 aliphatic rings. The SMILES string of the molecule is CCC1CC1NC(=O)c1ccnc(N)c1. The van der Waals surface area contributed by atoms with E-state index in [0.29, 0.717) is 23.3 Å². The van der Waals surface area contributed by atoms with Crippen molar-refractivity contribution >= 4 is 11.7 Å². The zero-order valence-corrected chi connectivity index (χ0v) is 8.73. The number of nitrogens with two attached hydrogens (primary N) is 1. The Morgan fingerprint density at radius 2 is 2.53 bits per heavy atom. The second kappa shape index (κ2) is 3.88. The number of amides is 1. The summed E-state index contributed by atoms with van der Waals surface area (Å²) in [6.45, 7) is 2.14. The fourth-order valence-electron chi connectivity index (χ4n) is 1.72. The summed E-state index contributed by atoms with van der Waals surface area (Å²) in [6, 6.07) is 3.63. The maximum Gasteiger partial charge on any atom is 0.251 e. The molecule has 0 aliphatic heterocycles. The van der Waals surface area contributed by atoms with E-state index in [1.54, 1.807) is 18.3 Å². The van der Waals surface area contributed by atoms with Crippen LogP contribution < -0.4 is 11.1 Å². The van der Waals surface area contributed by atoms with Crippen LogP contribution in [0.25, 0.3) is 0 Å². The van der Waals surface area contributed by atoms with E-state index < -0.39 is 0 Å². The number of hydrogen-bond acceptors (Lipinski definition) is 3. The van der Waals surface area contributed by atoms with Gasteiger partial charge in [-0.2, -0.15) is 0 Å². The number of anilines is 1. The molecule has 1 aromatic heterocycles. The molecule has 2 atom stereocenters. The van der Waals surface area contributed by atoms with Crippen molar-refractivity contribution in [3.63, 3.8) is 0 Å². The highest BCUT2D eigenvalue weighted by Gasteiger charge is 2.36. The molecule has 3 N–H and O–H groups in total. The summed E-state index contributed by atoms with van der Waals surface area (Å²) in [6.07, 6.45) is 3.78. The van der Waals surface area contributed by atoms with Crippen LogP contribution in [0, 0.1) is 5.92 Å². The van der Waals surface area contributed by atoms with Gasteiger partial charge in [0.1, 0.15) is 5.82 Å². The number of nitrogens with zero attached hydrogens (tertiary/aromatic N) is 1. The number of nitrogens with one attached hydrogen (secondary N) is 1. The topological polar surface area (TPSA) is 68.0 Å².